The topological polar surface area (TPSA) is 29.1 Å². The van der Waals surface area contributed by atoms with Crippen LogP contribution in [-0.2, 0) is 4.79 Å². The Kier molecular flexibility index (Phi) is 4.79. The molecule has 2 fully saturated rings. The average molecular weight is 313 g/mol. The molecule has 2 heteroatoms. The summed E-state index contributed by atoms with van der Waals surface area (Å²) in [6, 6.07) is 6.43. The number of hydrogen-bond acceptors (Lipinski definition) is 1. The summed E-state index contributed by atoms with van der Waals surface area (Å²) in [4.78, 5) is 12.7. The van der Waals surface area contributed by atoms with Crippen molar-refractivity contribution in [2.45, 2.75) is 71.6 Å². The smallest absolute Gasteiger partial charge is 0.224 e. The Balaban J connectivity index is 1.74. The fourth-order valence-electron chi connectivity index (χ4n) is 4.75. The van der Waals surface area contributed by atoms with Crippen molar-refractivity contribution in [3.63, 3.8) is 0 Å². The molecule has 23 heavy (non-hydrogen) atoms. The van der Waals surface area contributed by atoms with E-state index in [9.17, 15) is 4.79 Å². The van der Waals surface area contributed by atoms with E-state index < -0.39 is 0 Å². The van der Waals surface area contributed by atoms with Gasteiger partial charge in [-0.05, 0) is 60.0 Å². The number of amides is 1. The number of rotatable bonds is 5. The largest absolute Gasteiger partial charge is 0.326 e. The van der Waals surface area contributed by atoms with Crippen LogP contribution in [0.5, 0.6) is 0 Å². The summed E-state index contributed by atoms with van der Waals surface area (Å²) >= 11 is 0. The summed E-state index contributed by atoms with van der Waals surface area (Å²) < 4.78 is 0. The number of para-hydroxylation sites is 1. The van der Waals surface area contributed by atoms with Gasteiger partial charge in [-0.2, -0.15) is 0 Å². The van der Waals surface area contributed by atoms with Crippen LogP contribution in [-0.4, -0.2) is 5.91 Å². The van der Waals surface area contributed by atoms with E-state index in [-0.39, 0.29) is 5.91 Å². The highest BCUT2D eigenvalue weighted by Gasteiger charge is 2.40. The minimum absolute atomic E-state index is 0.220. The van der Waals surface area contributed by atoms with E-state index in [1.54, 1.807) is 0 Å². The maximum Gasteiger partial charge on any atom is 0.224 e. The van der Waals surface area contributed by atoms with Gasteiger partial charge >= 0.3 is 0 Å². The third-order valence-electron chi connectivity index (χ3n) is 5.97. The van der Waals surface area contributed by atoms with Gasteiger partial charge in [0.1, 0.15) is 0 Å². The van der Waals surface area contributed by atoms with Crippen molar-refractivity contribution >= 4 is 11.6 Å². The molecule has 0 aliphatic heterocycles. The van der Waals surface area contributed by atoms with Crippen LogP contribution in [0.25, 0.3) is 0 Å². The summed E-state index contributed by atoms with van der Waals surface area (Å²) in [6.45, 7) is 8.80. The molecule has 0 heterocycles. The number of benzene rings is 1. The lowest BCUT2D eigenvalue weighted by Crippen LogP contribution is -2.21. The van der Waals surface area contributed by atoms with Crippen molar-refractivity contribution < 1.29 is 4.79 Å². The van der Waals surface area contributed by atoms with E-state index in [0.29, 0.717) is 24.2 Å². The van der Waals surface area contributed by atoms with Crippen LogP contribution >= 0.6 is 0 Å². The molecule has 126 valence electrons. The van der Waals surface area contributed by atoms with Crippen molar-refractivity contribution in [3.05, 3.63) is 29.3 Å². The molecule has 3 rings (SSSR count). The van der Waals surface area contributed by atoms with Crippen LogP contribution in [0.4, 0.5) is 5.69 Å². The lowest BCUT2D eigenvalue weighted by molar-refractivity contribution is -0.117. The molecule has 0 unspecified atom stereocenters. The van der Waals surface area contributed by atoms with Crippen molar-refractivity contribution in [1.29, 1.82) is 0 Å². The van der Waals surface area contributed by atoms with Crippen LogP contribution in [0, 0.1) is 17.8 Å². The molecule has 2 bridgehead atoms. The molecule has 2 aliphatic carbocycles. The molecule has 1 amide bonds. The SMILES string of the molecule is CC(C)c1cccc(C(C)C)c1NC(=O)C[C@@H]1C[C@@H]2CC[C@@H]1C2. The predicted octanol–water partition coefficient (Wildman–Crippen LogP) is 5.70. The fraction of sp³-hybridized carbons (Fsp3) is 0.667. The summed E-state index contributed by atoms with van der Waals surface area (Å²) in [6.07, 6.45) is 6.11. The highest BCUT2D eigenvalue weighted by atomic mass is 16.1. The Morgan fingerprint density at radius 2 is 1.74 bits per heavy atom. The Morgan fingerprint density at radius 1 is 1.09 bits per heavy atom. The number of carbonyl (C=O) groups excluding carboxylic acids is 1. The third-order valence-corrected chi connectivity index (χ3v) is 5.97. The van der Waals surface area contributed by atoms with Gasteiger partial charge < -0.3 is 5.32 Å². The van der Waals surface area contributed by atoms with Crippen LogP contribution in [0.15, 0.2) is 18.2 Å². The molecule has 2 nitrogen and oxygen atoms in total. The molecule has 1 aromatic carbocycles. The first-order valence-corrected chi connectivity index (χ1v) is 9.38. The number of nitrogens with one attached hydrogen (secondary N) is 1. The molecule has 0 spiro atoms. The molecule has 3 atom stereocenters. The zero-order valence-electron chi connectivity index (χ0n) is 15.1. The molecule has 2 saturated carbocycles. The second-order valence-electron chi connectivity index (χ2n) is 8.31. The van der Waals surface area contributed by atoms with Gasteiger partial charge in [-0.15, -0.1) is 0 Å². The first-order chi connectivity index (χ1) is 11.0. The fourth-order valence-corrected chi connectivity index (χ4v) is 4.75. The van der Waals surface area contributed by atoms with Gasteiger partial charge in [-0.1, -0.05) is 52.3 Å². The normalized spacial score (nSPS) is 26.3. The first kappa shape index (κ1) is 16.5. The van der Waals surface area contributed by atoms with Gasteiger partial charge in [-0.3, -0.25) is 4.79 Å². The molecule has 0 radical (unpaired) electrons. The summed E-state index contributed by atoms with van der Waals surface area (Å²) in [5.41, 5.74) is 3.60. The molecule has 2 aliphatic rings. The average Bonchev–Trinajstić information content (AvgIpc) is 3.09. The second-order valence-corrected chi connectivity index (χ2v) is 8.31. The molecular formula is C21H31NO. The second kappa shape index (κ2) is 6.67. The Morgan fingerprint density at radius 3 is 2.22 bits per heavy atom. The minimum atomic E-state index is 0.220. The Bertz CT molecular complexity index is 549. The van der Waals surface area contributed by atoms with Crippen molar-refractivity contribution in [2.75, 3.05) is 5.32 Å². The van der Waals surface area contributed by atoms with Crippen LogP contribution in [0.1, 0.15) is 82.8 Å². The van der Waals surface area contributed by atoms with Crippen molar-refractivity contribution in [2.24, 2.45) is 17.8 Å². The molecule has 0 saturated heterocycles. The van der Waals surface area contributed by atoms with Gasteiger partial charge in [-0.25, -0.2) is 0 Å². The maximum absolute atomic E-state index is 12.7. The molecule has 0 aromatic heterocycles. The van der Waals surface area contributed by atoms with E-state index in [1.807, 2.05) is 0 Å². The van der Waals surface area contributed by atoms with E-state index >= 15 is 0 Å². The number of fused-ring (bicyclic) bond motifs is 2. The van der Waals surface area contributed by atoms with Gasteiger partial charge in [0.05, 0.1) is 0 Å². The van der Waals surface area contributed by atoms with Crippen LogP contribution < -0.4 is 5.32 Å². The van der Waals surface area contributed by atoms with Crippen LogP contribution in [0.3, 0.4) is 0 Å². The molecular weight excluding hydrogens is 282 g/mol. The predicted molar refractivity (Wildman–Crippen MR) is 96.8 cm³/mol. The monoisotopic (exact) mass is 313 g/mol. The Labute approximate surface area is 141 Å². The summed E-state index contributed by atoms with van der Waals surface area (Å²) in [7, 11) is 0. The maximum atomic E-state index is 12.7. The van der Waals surface area contributed by atoms with Crippen LogP contribution in [0.2, 0.25) is 0 Å². The highest BCUT2D eigenvalue weighted by Crippen LogP contribution is 2.49. The van der Waals surface area contributed by atoms with E-state index in [4.69, 9.17) is 0 Å². The lowest BCUT2D eigenvalue weighted by atomic mass is 9.86. The van der Waals surface area contributed by atoms with Gasteiger partial charge in [0.15, 0.2) is 0 Å². The van der Waals surface area contributed by atoms with E-state index in [0.717, 1.165) is 17.5 Å². The highest BCUT2D eigenvalue weighted by molar-refractivity contribution is 5.93. The zero-order valence-corrected chi connectivity index (χ0v) is 15.1. The number of anilines is 1. The third kappa shape index (κ3) is 3.46. The van der Waals surface area contributed by atoms with Gasteiger partial charge in [0.25, 0.3) is 0 Å². The van der Waals surface area contributed by atoms with Gasteiger partial charge in [0.2, 0.25) is 5.91 Å². The lowest BCUT2D eigenvalue weighted by Gasteiger charge is -2.23. The molecule has 1 aromatic rings. The Hall–Kier alpha value is -1.31. The van der Waals surface area contributed by atoms with Gasteiger partial charge in [0, 0.05) is 12.1 Å². The van der Waals surface area contributed by atoms with Crippen molar-refractivity contribution in [1.82, 2.24) is 0 Å². The first-order valence-electron chi connectivity index (χ1n) is 9.38. The number of hydrogen-bond donors (Lipinski definition) is 1. The van der Waals surface area contributed by atoms with E-state index in [2.05, 4.69) is 51.2 Å². The number of carbonyl (C=O) groups is 1. The minimum Gasteiger partial charge on any atom is -0.326 e. The molecule has 1 N–H and O–H groups in total. The standard InChI is InChI=1S/C21H31NO/c1-13(2)18-6-5-7-19(14(3)4)21(18)22-20(23)12-17-11-15-8-9-16(17)10-15/h5-7,13-17H,8-12H2,1-4H3,(H,22,23)/t15-,16-,17+/m1/s1. The van der Waals surface area contributed by atoms with E-state index in [1.165, 1.54) is 36.8 Å². The quantitative estimate of drug-likeness (QED) is 0.742. The zero-order chi connectivity index (χ0) is 16.6. The summed E-state index contributed by atoms with van der Waals surface area (Å²) in [5.74, 6) is 3.42. The summed E-state index contributed by atoms with van der Waals surface area (Å²) in [5, 5.41) is 3.29. The van der Waals surface area contributed by atoms with Crippen molar-refractivity contribution in [3.8, 4) is 0 Å².